The highest BCUT2D eigenvalue weighted by atomic mass is 16.5. The molecule has 0 unspecified atom stereocenters. The quantitative estimate of drug-likeness (QED) is 0.127. The fraction of sp³-hybridized carbons (Fsp3) is 0.467. The summed E-state index contributed by atoms with van der Waals surface area (Å²) < 4.78 is 9.59. The summed E-state index contributed by atoms with van der Waals surface area (Å²) in [6, 6.07) is 13.0. The molecule has 7 rings (SSSR count). The molecule has 0 radical (unpaired) electrons. The zero-order chi connectivity index (χ0) is 42.0. The fourth-order valence-electron chi connectivity index (χ4n) is 8.66. The molecule has 4 heterocycles. The minimum atomic E-state index is -0.739. The third-order valence-electron chi connectivity index (χ3n) is 12.0. The Kier molecular flexibility index (Phi) is 12.2. The van der Waals surface area contributed by atoms with Gasteiger partial charge in [0.05, 0.1) is 37.8 Å². The lowest BCUT2D eigenvalue weighted by molar-refractivity contribution is -0.138. The van der Waals surface area contributed by atoms with Gasteiger partial charge >= 0.3 is 12.2 Å². The third kappa shape index (κ3) is 8.62. The Labute approximate surface area is 345 Å². The molecule has 14 heteroatoms. The van der Waals surface area contributed by atoms with Crippen molar-refractivity contribution in [2.24, 2.45) is 11.8 Å². The molecule has 0 saturated carbocycles. The Balaban J connectivity index is 1.06. The number of alkyl carbamates (subject to hydrolysis) is 2. The van der Waals surface area contributed by atoms with Crippen molar-refractivity contribution >= 4 is 24.0 Å². The Morgan fingerprint density at radius 2 is 1.41 bits per heavy atom. The zero-order valence-corrected chi connectivity index (χ0v) is 34.9. The predicted octanol–water partition coefficient (Wildman–Crippen LogP) is 6.80. The second-order valence-electron chi connectivity index (χ2n) is 16.6. The van der Waals surface area contributed by atoms with Gasteiger partial charge in [0, 0.05) is 25.2 Å². The van der Waals surface area contributed by atoms with Gasteiger partial charge in [-0.15, -0.1) is 0 Å². The first-order valence-electron chi connectivity index (χ1n) is 20.7. The number of nitrogens with zero attached hydrogens (tertiary/aromatic N) is 4. The number of carbonyl (C=O) groups is 4. The first-order valence-corrected chi connectivity index (χ1v) is 20.7. The highest BCUT2D eigenvalue weighted by Gasteiger charge is 2.40. The van der Waals surface area contributed by atoms with Crippen molar-refractivity contribution in [3.8, 4) is 22.4 Å². The van der Waals surface area contributed by atoms with Crippen LogP contribution in [0, 0.1) is 11.8 Å². The number of hydrogen-bond donors (Lipinski definition) is 4. The number of aryl methyl sites for hydroxylation is 2. The largest absolute Gasteiger partial charge is 0.453 e. The van der Waals surface area contributed by atoms with Crippen molar-refractivity contribution in [3.63, 3.8) is 0 Å². The molecule has 2 fully saturated rings. The molecular weight excluding hydrogens is 749 g/mol. The van der Waals surface area contributed by atoms with E-state index in [2.05, 4.69) is 69.6 Å². The number of nitrogens with one attached hydrogen (secondary N) is 4. The maximum atomic E-state index is 13.9. The highest BCUT2D eigenvalue weighted by Crippen LogP contribution is 2.37. The van der Waals surface area contributed by atoms with Crippen LogP contribution in [0.15, 0.2) is 60.8 Å². The molecule has 2 saturated heterocycles. The number of rotatable bonds is 10. The number of carbonyl (C=O) groups excluding carboxylic acids is 4. The average Bonchev–Trinajstić information content (AvgIpc) is 3.96. The van der Waals surface area contributed by atoms with E-state index in [1.54, 1.807) is 11.1 Å². The van der Waals surface area contributed by atoms with E-state index in [0.29, 0.717) is 31.8 Å². The molecule has 4 aromatic rings. The van der Waals surface area contributed by atoms with Crippen molar-refractivity contribution in [1.29, 1.82) is 0 Å². The van der Waals surface area contributed by atoms with E-state index in [1.807, 2.05) is 32.6 Å². The van der Waals surface area contributed by atoms with Crippen LogP contribution in [0.3, 0.4) is 0 Å². The second-order valence-corrected chi connectivity index (χ2v) is 16.6. The summed E-state index contributed by atoms with van der Waals surface area (Å²) >= 11 is 0. The molecule has 4 amide bonds. The molecule has 0 bridgehead atoms. The smallest absolute Gasteiger partial charge is 0.407 e. The van der Waals surface area contributed by atoms with E-state index < -0.39 is 30.3 Å². The van der Waals surface area contributed by atoms with Gasteiger partial charge in [-0.3, -0.25) is 9.59 Å². The molecule has 312 valence electrons. The van der Waals surface area contributed by atoms with Gasteiger partial charge in [0.15, 0.2) is 0 Å². The third-order valence-corrected chi connectivity index (χ3v) is 12.0. The van der Waals surface area contributed by atoms with Gasteiger partial charge in [-0.05, 0) is 83.8 Å². The molecule has 3 aliphatic rings. The molecule has 14 nitrogen and oxygen atoms in total. The van der Waals surface area contributed by atoms with Crippen LogP contribution < -0.4 is 10.6 Å². The van der Waals surface area contributed by atoms with Crippen LogP contribution in [-0.2, 0) is 38.3 Å². The summed E-state index contributed by atoms with van der Waals surface area (Å²) in [6.07, 6.45) is 6.27. The molecule has 4 N–H and O–H groups in total. The number of aromatic nitrogens is 4. The Hall–Kier alpha value is -5.92. The van der Waals surface area contributed by atoms with Crippen molar-refractivity contribution in [3.05, 3.63) is 95.0 Å². The SMILES string of the molecule is C=C1CCN(C(=O)[C@@H](NC(=O)OC)C(C)C)[C@@H]1c1ncc(-c2ccc(-c3ccc4c(c3)Cc3[nH]c([C@@H]5CCCCN5C(=O)[C@@H](NC(=O)OC)C(C)C)nc3CC4)cc2)[nH]1. The molecular formula is C45H56N8O6. The molecule has 2 aromatic carbocycles. The van der Waals surface area contributed by atoms with Crippen LogP contribution in [-0.4, -0.2) is 93.1 Å². The average molecular weight is 805 g/mol. The summed E-state index contributed by atoms with van der Waals surface area (Å²) in [5, 5.41) is 5.44. The number of amides is 4. The lowest BCUT2D eigenvalue weighted by Crippen LogP contribution is -2.53. The normalized spacial score (nSPS) is 18.8. The molecule has 59 heavy (non-hydrogen) atoms. The first kappa shape index (κ1) is 41.2. The van der Waals surface area contributed by atoms with Crippen molar-refractivity contribution in [2.45, 2.75) is 96.8 Å². The van der Waals surface area contributed by atoms with Crippen LogP contribution in [0.4, 0.5) is 9.59 Å². The fourth-order valence-corrected chi connectivity index (χ4v) is 8.66. The first-order chi connectivity index (χ1) is 28.4. The number of methoxy groups -OCH3 is 2. The summed E-state index contributed by atoms with van der Waals surface area (Å²) in [5.74, 6) is 0.887. The number of ether oxygens (including phenoxy) is 2. The second kappa shape index (κ2) is 17.5. The Bertz CT molecular complexity index is 2210. The maximum absolute atomic E-state index is 13.9. The number of H-pyrrole nitrogens is 2. The zero-order valence-electron chi connectivity index (χ0n) is 34.9. The Morgan fingerprint density at radius 3 is 2.07 bits per heavy atom. The van der Waals surface area contributed by atoms with Crippen molar-refractivity contribution < 1.29 is 28.7 Å². The van der Waals surface area contributed by atoms with E-state index in [4.69, 9.17) is 19.4 Å². The van der Waals surface area contributed by atoms with Gasteiger partial charge in [0.2, 0.25) is 11.8 Å². The summed E-state index contributed by atoms with van der Waals surface area (Å²) in [4.78, 5) is 72.2. The van der Waals surface area contributed by atoms with Crippen LogP contribution >= 0.6 is 0 Å². The lowest BCUT2D eigenvalue weighted by atomic mass is 9.95. The van der Waals surface area contributed by atoms with E-state index in [9.17, 15) is 19.2 Å². The molecule has 1 aliphatic carbocycles. The lowest BCUT2D eigenvalue weighted by Gasteiger charge is -2.37. The minimum absolute atomic E-state index is 0.104. The maximum Gasteiger partial charge on any atom is 0.407 e. The van der Waals surface area contributed by atoms with Gasteiger partial charge in [-0.25, -0.2) is 19.6 Å². The predicted molar refractivity (Wildman–Crippen MR) is 223 cm³/mol. The van der Waals surface area contributed by atoms with E-state index in [1.165, 1.54) is 25.3 Å². The summed E-state index contributed by atoms with van der Waals surface area (Å²) in [6.45, 7) is 13.0. The number of fused-ring (bicyclic) bond motifs is 2. The number of likely N-dealkylation sites (tertiary alicyclic amines) is 2. The van der Waals surface area contributed by atoms with Crippen LogP contribution in [0.2, 0.25) is 0 Å². The van der Waals surface area contributed by atoms with Crippen molar-refractivity contribution in [1.82, 2.24) is 40.4 Å². The number of benzene rings is 2. The standard InChI is InChI=1S/C45H56N8O6/c1-25(2)37(50-44(56)58-6)42(54)52-20-9-8-10-36(52)40-47-33-18-17-29-13-16-31(22-32(29)23-34(33)48-40)28-11-14-30(15-12-28)35-24-46-41(49-35)39-27(5)19-21-53(39)43(55)38(26(3)4)51-45(57)59-7/h11-16,22,24-26,36-39H,5,8-10,17-21,23H2,1-4,6-7H3,(H,46,49)(H,47,48)(H,50,56)(H,51,57)/t36-,37-,38-,39-/m0/s1. The van der Waals surface area contributed by atoms with Gasteiger partial charge in [-0.2, -0.15) is 0 Å². The summed E-state index contributed by atoms with van der Waals surface area (Å²) in [5.41, 5.74) is 9.53. The molecule has 4 atom stereocenters. The van der Waals surface area contributed by atoms with Gasteiger partial charge in [0.1, 0.15) is 29.8 Å². The van der Waals surface area contributed by atoms with E-state index in [-0.39, 0.29) is 29.7 Å². The van der Waals surface area contributed by atoms with Gasteiger partial charge in [0.25, 0.3) is 0 Å². The summed E-state index contributed by atoms with van der Waals surface area (Å²) in [7, 11) is 2.59. The van der Waals surface area contributed by atoms with Crippen LogP contribution in [0.1, 0.15) is 99.6 Å². The van der Waals surface area contributed by atoms with Crippen LogP contribution in [0.5, 0.6) is 0 Å². The minimum Gasteiger partial charge on any atom is -0.453 e. The topological polar surface area (TPSA) is 175 Å². The van der Waals surface area contributed by atoms with Crippen LogP contribution in [0.25, 0.3) is 22.4 Å². The number of imidazole rings is 2. The number of aromatic amines is 2. The molecule has 2 aromatic heterocycles. The van der Waals surface area contributed by atoms with Gasteiger partial charge in [-0.1, -0.05) is 76.7 Å². The molecule has 2 aliphatic heterocycles. The molecule has 0 spiro atoms. The van der Waals surface area contributed by atoms with Crippen molar-refractivity contribution in [2.75, 3.05) is 27.3 Å². The monoisotopic (exact) mass is 804 g/mol. The highest BCUT2D eigenvalue weighted by molar-refractivity contribution is 5.87. The van der Waals surface area contributed by atoms with E-state index >= 15 is 0 Å². The van der Waals surface area contributed by atoms with E-state index in [0.717, 1.165) is 77.3 Å². The van der Waals surface area contributed by atoms with Gasteiger partial charge < -0.3 is 39.9 Å². The number of piperidine rings is 1. The Morgan fingerprint density at radius 1 is 0.763 bits per heavy atom. The number of hydrogen-bond acceptors (Lipinski definition) is 8.